The van der Waals surface area contributed by atoms with Crippen molar-refractivity contribution in [3.63, 3.8) is 0 Å². The molecule has 0 amide bonds. The molecule has 104 valence electrons. The third-order valence-electron chi connectivity index (χ3n) is 3.64. The van der Waals surface area contributed by atoms with Gasteiger partial charge in [-0.15, -0.1) is 0 Å². The van der Waals surface area contributed by atoms with Gasteiger partial charge in [0, 0.05) is 26.2 Å². The molecule has 0 aliphatic carbocycles. The summed E-state index contributed by atoms with van der Waals surface area (Å²) in [6.07, 6.45) is 5.84. The quantitative estimate of drug-likeness (QED) is 0.900. The predicted molar refractivity (Wildman–Crippen MR) is 70.9 cm³/mol. The number of nitrogens with zero attached hydrogens (tertiary/aromatic N) is 3. The summed E-state index contributed by atoms with van der Waals surface area (Å²) in [5.74, 6) is 0.561. The van der Waals surface area contributed by atoms with Crippen molar-refractivity contribution in [3.05, 3.63) is 12.0 Å². The lowest BCUT2D eigenvalue weighted by molar-refractivity contribution is 0.120. The van der Waals surface area contributed by atoms with Gasteiger partial charge in [-0.25, -0.2) is 9.37 Å². The fourth-order valence-electron chi connectivity index (χ4n) is 2.60. The molecular formula is C13H19FN4O. The number of nitrogens with one attached hydrogen (secondary N) is 1. The number of anilines is 2. The Kier molecular flexibility index (Phi) is 3.77. The van der Waals surface area contributed by atoms with Crippen LogP contribution in [-0.4, -0.2) is 42.3 Å². The first-order valence-electron chi connectivity index (χ1n) is 6.96. The van der Waals surface area contributed by atoms with Gasteiger partial charge in [-0.3, -0.25) is 0 Å². The van der Waals surface area contributed by atoms with Crippen LogP contribution in [0.15, 0.2) is 6.20 Å². The molecule has 1 unspecified atom stereocenters. The summed E-state index contributed by atoms with van der Waals surface area (Å²) in [7, 11) is 0. The summed E-state index contributed by atoms with van der Waals surface area (Å²) in [6.45, 7) is 3.26. The molecule has 0 bridgehead atoms. The monoisotopic (exact) mass is 266 g/mol. The lowest BCUT2D eigenvalue weighted by atomic mass is 10.2. The number of hydrogen-bond acceptors (Lipinski definition) is 5. The fourth-order valence-corrected chi connectivity index (χ4v) is 2.60. The second-order valence-corrected chi connectivity index (χ2v) is 5.08. The molecule has 19 heavy (non-hydrogen) atoms. The Labute approximate surface area is 112 Å². The highest BCUT2D eigenvalue weighted by atomic mass is 19.1. The molecule has 0 radical (unpaired) electrons. The molecule has 1 atom stereocenters. The third kappa shape index (κ3) is 2.94. The molecule has 6 heteroatoms. The molecule has 0 aromatic carbocycles. The van der Waals surface area contributed by atoms with Gasteiger partial charge in [-0.1, -0.05) is 0 Å². The fraction of sp³-hybridized carbons (Fsp3) is 0.692. The van der Waals surface area contributed by atoms with Gasteiger partial charge in [0.1, 0.15) is 0 Å². The molecule has 3 rings (SSSR count). The molecule has 2 fully saturated rings. The lowest BCUT2D eigenvalue weighted by Gasteiger charge is -2.18. The van der Waals surface area contributed by atoms with Crippen LogP contribution in [0.5, 0.6) is 0 Å². The van der Waals surface area contributed by atoms with Crippen molar-refractivity contribution in [3.8, 4) is 0 Å². The Morgan fingerprint density at radius 2 is 2.21 bits per heavy atom. The van der Waals surface area contributed by atoms with Gasteiger partial charge in [-0.05, 0) is 25.7 Å². The van der Waals surface area contributed by atoms with E-state index in [2.05, 4.69) is 15.3 Å². The van der Waals surface area contributed by atoms with Crippen LogP contribution in [0.2, 0.25) is 0 Å². The van der Waals surface area contributed by atoms with E-state index in [9.17, 15) is 4.39 Å². The number of hydrogen-bond donors (Lipinski definition) is 1. The normalized spacial score (nSPS) is 23.0. The molecule has 3 heterocycles. The zero-order valence-electron chi connectivity index (χ0n) is 10.9. The maximum atomic E-state index is 13.7. The van der Waals surface area contributed by atoms with Gasteiger partial charge in [0.15, 0.2) is 11.6 Å². The van der Waals surface area contributed by atoms with E-state index in [1.165, 1.54) is 6.20 Å². The maximum Gasteiger partial charge on any atom is 0.224 e. The van der Waals surface area contributed by atoms with Crippen LogP contribution in [0.1, 0.15) is 25.7 Å². The van der Waals surface area contributed by atoms with E-state index >= 15 is 0 Å². The Balaban J connectivity index is 1.66. The number of ether oxygens (including phenoxy) is 1. The minimum absolute atomic E-state index is 0.226. The van der Waals surface area contributed by atoms with Gasteiger partial charge in [-0.2, -0.15) is 4.98 Å². The van der Waals surface area contributed by atoms with Crippen LogP contribution in [0.25, 0.3) is 0 Å². The molecule has 1 N–H and O–H groups in total. The van der Waals surface area contributed by atoms with Crippen molar-refractivity contribution in [2.24, 2.45) is 0 Å². The van der Waals surface area contributed by atoms with E-state index in [0.717, 1.165) is 45.4 Å². The van der Waals surface area contributed by atoms with Gasteiger partial charge in [0.25, 0.3) is 0 Å². The standard InChI is InChI=1S/C13H19FN4O/c14-11-9-16-13(15-8-10-4-3-7-19-10)17-12(11)18-5-1-2-6-18/h9-10H,1-8H2,(H,15,16,17). The molecular weight excluding hydrogens is 247 g/mol. The maximum absolute atomic E-state index is 13.7. The molecule has 1 aromatic rings. The SMILES string of the molecule is Fc1cnc(NCC2CCCO2)nc1N1CCCC1. The molecule has 1 aromatic heterocycles. The highest BCUT2D eigenvalue weighted by Crippen LogP contribution is 2.22. The van der Waals surface area contributed by atoms with Crippen LogP contribution in [0, 0.1) is 5.82 Å². The zero-order chi connectivity index (χ0) is 13.1. The first-order chi connectivity index (χ1) is 9.33. The minimum Gasteiger partial charge on any atom is -0.376 e. The van der Waals surface area contributed by atoms with Gasteiger partial charge in [0.05, 0.1) is 12.3 Å². The zero-order valence-corrected chi connectivity index (χ0v) is 10.9. The Bertz CT molecular complexity index is 431. The van der Waals surface area contributed by atoms with Crippen LogP contribution in [0.3, 0.4) is 0 Å². The van der Waals surface area contributed by atoms with E-state index in [4.69, 9.17) is 4.74 Å². The lowest BCUT2D eigenvalue weighted by Crippen LogP contribution is -2.23. The van der Waals surface area contributed by atoms with Crippen LogP contribution < -0.4 is 10.2 Å². The highest BCUT2D eigenvalue weighted by molar-refractivity contribution is 5.44. The summed E-state index contributed by atoms with van der Waals surface area (Å²) in [5, 5.41) is 3.14. The van der Waals surface area contributed by atoms with Crippen molar-refractivity contribution in [2.75, 3.05) is 36.5 Å². The molecule has 2 aliphatic heterocycles. The molecule has 2 saturated heterocycles. The number of rotatable bonds is 4. The number of aromatic nitrogens is 2. The Morgan fingerprint density at radius 3 is 2.95 bits per heavy atom. The van der Waals surface area contributed by atoms with Crippen molar-refractivity contribution < 1.29 is 9.13 Å². The predicted octanol–water partition coefficient (Wildman–Crippen LogP) is 1.81. The van der Waals surface area contributed by atoms with E-state index in [0.29, 0.717) is 18.3 Å². The van der Waals surface area contributed by atoms with Crippen molar-refractivity contribution >= 4 is 11.8 Å². The summed E-state index contributed by atoms with van der Waals surface area (Å²) < 4.78 is 19.3. The molecule has 5 nitrogen and oxygen atoms in total. The Hall–Kier alpha value is -1.43. The van der Waals surface area contributed by atoms with Gasteiger partial charge in [0.2, 0.25) is 5.95 Å². The smallest absolute Gasteiger partial charge is 0.224 e. The summed E-state index contributed by atoms with van der Waals surface area (Å²) >= 11 is 0. The average molecular weight is 266 g/mol. The van der Waals surface area contributed by atoms with Crippen molar-refractivity contribution in [2.45, 2.75) is 31.8 Å². The first-order valence-corrected chi connectivity index (χ1v) is 6.96. The first kappa shape index (κ1) is 12.6. The van der Waals surface area contributed by atoms with E-state index < -0.39 is 0 Å². The highest BCUT2D eigenvalue weighted by Gasteiger charge is 2.19. The van der Waals surface area contributed by atoms with E-state index in [1.54, 1.807) is 0 Å². The Morgan fingerprint density at radius 1 is 1.37 bits per heavy atom. The van der Waals surface area contributed by atoms with E-state index in [1.807, 2.05) is 4.90 Å². The minimum atomic E-state index is -0.343. The molecule has 2 aliphatic rings. The largest absolute Gasteiger partial charge is 0.376 e. The second-order valence-electron chi connectivity index (χ2n) is 5.08. The molecule has 0 saturated carbocycles. The van der Waals surface area contributed by atoms with Crippen LogP contribution in [-0.2, 0) is 4.74 Å². The van der Waals surface area contributed by atoms with Crippen LogP contribution in [0.4, 0.5) is 16.2 Å². The third-order valence-corrected chi connectivity index (χ3v) is 3.64. The van der Waals surface area contributed by atoms with E-state index in [-0.39, 0.29) is 11.9 Å². The summed E-state index contributed by atoms with van der Waals surface area (Å²) in [5.41, 5.74) is 0. The topological polar surface area (TPSA) is 50.3 Å². The average Bonchev–Trinajstić information content (AvgIpc) is 3.11. The van der Waals surface area contributed by atoms with Crippen molar-refractivity contribution in [1.82, 2.24) is 9.97 Å². The second kappa shape index (κ2) is 5.69. The summed E-state index contributed by atoms with van der Waals surface area (Å²) in [4.78, 5) is 10.3. The van der Waals surface area contributed by atoms with Crippen LogP contribution >= 0.6 is 0 Å². The van der Waals surface area contributed by atoms with Gasteiger partial charge < -0.3 is 15.0 Å². The number of halogens is 1. The molecule has 0 spiro atoms. The summed E-state index contributed by atoms with van der Waals surface area (Å²) in [6, 6.07) is 0. The van der Waals surface area contributed by atoms with Crippen molar-refractivity contribution in [1.29, 1.82) is 0 Å². The van der Waals surface area contributed by atoms with Gasteiger partial charge >= 0.3 is 0 Å².